The lowest BCUT2D eigenvalue weighted by molar-refractivity contribution is -0.123. The average molecular weight is 501 g/mol. The zero-order valence-corrected chi connectivity index (χ0v) is 20.9. The summed E-state index contributed by atoms with van der Waals surface area (Å²) in [5, 5.41) is 19.9. The van der Waals surface area contributed by atoms with Crippen LogP contribution in [-0.2, 0) is 29.0 Å². The first-order valence-corrected chi connectivity index (χ1v) is 12.7. The van der Waals surface area contributed by atoms with Crippen LogP contribution in [0.2, 0.25) is 0 Å². The lowest BCUT2D eigenvalue weighted by Crippen LogP contribution is -2.48. The summed E-state index contributed by atoms with van der Waals surface area (Å²) in [5.74, 6) is -0.388. The van der Waals surface area contributed by atoms with E-state index < -0.39 is 18.0 Å². The van der Waals surface area contributed by atoms with Crippen molar-refractivity contribution in [1.29, 1.82) is 0 Å². The van der Waals surface area contributed by atoms with Crippen LogP contribution in [0.5, 0.6) is 5.75 Å². The van der Waals surface area contributed by atoms with Gasteiger partial charge in [-0.3, -0.25) is 14.6 Å². The van der Waals surface area contributed by atoms with E-state index in [-0.39, 0.29) is 37.6 Å². The van der Waals surface area contributed by atoms with Crippen molar-refractivity contribution < 1.29 is 23.8 Å². The average Bonchev–Trinajstić information content (AvgIpc) is 2.85. The molecular formula is C27H37FN4O4. The maximum absolute atomic E-state index is 14.3. The molecule has 2 atom stereocenters. The van der Waals surface area contributed by atoms with Crippen LogP contribution in [0, 0.1) is 5.82 Å². The van der Waals surface area contributed by atoms with Gasteiger partial charge in [0.25, 0.3) is 0 Å². The third-order valence-electron chi connectivity index (χ3n) is 6.11. The predicted molar refractivity (Wildman–Crippen MR) is 135 cm³/mol. The van der Waals surface area contributed by atoms with E-state index in [4.69, 9.17) is 4.74 Å². The van der Waals surface area contributed by atoms with E-state index in [9.17, 15) is 19.1 Å². The molecule has 8 nitrogen and oxygen atoms in total. The van der Waals surface area contributed by atoms with Gasteiger partial charge in [-0.15, -0.1) is 0 Å². The Kier molecular flexibility index (Phi) is 11.1. The summed E-state index contributed by atoms with van der Waals surface area (Å²) < 4.78 is 20.0. The van der Waals surface area contributed by atoms with Gasteiger partial charge in [0, 0.05) is 50.9 Å². The number of carbonyl (C=O) groups excluding carboxylic acids is 2. The van der Waals surface area contributed by atoms with Gasteiger partial charge in [0.1, 0.15) is 11.6 Å². The molecule has 1 aliphatic heterocycles. The Morgan fingerprint density at radius 3 is 2.75 bits per heavy atom. The Balaban J connectivity index is 1.69. The van der Waals surface area contributed by atoms with Crippen LogP contribution in [0.4, 0.5) is 4.39 Å². The molecule has 0 unspecified atom stereocenters. The minimum atomic E-state index is -0.922. The molecule has 0 spiro atoms. The van der Waals surface area contributed by atoms with E-state index in [1.54, 1.807) is 12.3 Å². The van der Waals surface area contributed by atoms with Crippen molar-refractivity contribution in [3.8, 4) is 5.75 Å². The Morgan fingerprint density at radius 2 is 1.92 bits per heavy atom. The molecule has 0 radical (unpaired) electrons. The molecule has 2 bridgehead atoms. The number of benzene rings is 1. The van der Waals surface area contributed by atoms with Crippen LogP contribution < -0.4 is 20.7 Å². The predicted octanol–water partition coefficient (Wildman–Crippen LogP) is 2.42. The van der Waals surface area contributed by atoms with Crippen LogP contribution in [0.1, 0.15) is 55.7 Å². The molecule has 2 amide bonds. The maximum Gasteiger partial charge on any atom is 0.220 e. The molecular weight excluding hydrogens is 463 g/mol. The standard InChI is InChI=1S/C27H37FN4O4/c1-2-19-10-21(16-29-15-19)17-30-18-25(33)24-13-20-11-22(28)14-23(12-20)36-9-4-3-8-31-26(34)6-5-7-27(35)32-24/h10-12,14-16,24-25,30,33H,2-9,13,17-18H2,1H3,(H,31,34)(H,32,35)/t24-,25+/m0/s1. The number of aliphatic hydroxyl groups excluding tert-OH is 1. The first-order chi connectivity index (χ1) is 17.4. The minimum Gasteiger partial charge on any atom is -0.493 e. The van der Waals surface area contributed by atoms with Gasteiger partial charge in [0.2, 0.25) is 11.8 Å². The molecule has 0 fully saturated rings. The number of ether oxygens (including phenoxy) is 1. The second-order valence-corrected chi connectivity index (χ2v) is 9.19. The largest absolute Gasteiger partial charge is 0.493 e. The van der Waals surface area contributed by atoms with Gasteiger partial charge in [-0.25, -0.2) is 4.39 Å². The molecule has 0 saturated carbocycles. The normalized spacial score (nSPS) is 18.9. The number of hydrogen-bond acceptors (Lipinski definition) is 6. The van der Waals surface area contributed by atoms with Gasteiger partial charge < -0.3 is 25.8 Å². The van der Waals surface area contributed by atoms with E-state index in [0.29, 0.717) is 37.4 Å². The van der Waals surface area contributed by atoms with Crippen molar-refractivity contribution >= 4 is 11.8 Å². The number of fused-ring (bicyclic) bond motifs is 2. The monoisotopic (exact) mass is 500 g/mol. The summed E-state index contributed by atoms with van der Waals surface area (Å²) in [5.41, 5.74) is 2.76. The lowest BCUT2D eigenvalue weighted by Gasteiger charge is -2.25. The van der Waals surface area contributed by atoms with Crippen molar-refractivity contribution in [1.82, 2.24) is 20.9 Å². The highest BCUT2D eigenvalue weighted by atomic mass is 19.1. The fraction of sp³-hybridized carbons (Fsp3) is 0.519. The molecule has 4 N–H and O–H groups in total. The number of carbonyl (C=O) groups is 2. The van der Waals surface area contributed by atoms with E-state index in [2.05, 4.69) is 33.9 Å². The highest BCUT2D eigenvalue weighted by molar-refractivity contribution is 5.79. The molecule has 1 aromatic carbocycles. The van der Waals surface area contributed by atoms with Gasteiger partial charge in [0.05, 0.1) is 18.8 Å². The van der Waals surface area contributed by atoms with Gasteiger partial charge in [-0.1, -0.05) is 13.0 Å². The fourth-order valence-corrected chi connectivity index (χ4v) is 4.12. The molecule has 196 valence electrons. The summed E-state index contributed by atoms with van der Waals surface area (Å²) in [4.78, 5) is 28.8. The molecule has 36 heavy (non-hydrogen) atoms. The first kappa shape index (κ1) is 27.5. The summed E-state index contributed by atoms with van der Waals surface area (Å²) in [6, 6.07) is 5.87. The topological polar surface area (TPSA) is 113 Å². The van der Waals surface area contributed by atoms with Crippen LogP contribution in [-0.4, -0.2) is 53.7 Å². The van der Waals surface area contributed by atoms with Crippen molar-refractivity contribution in [3.05, 3.63) is 59.2 Å². The molecule has 1 aliphatic rings. The van der Waals surface area contributed by atoms with E-state index in [1.807, 2.05) is 6.20 Å². The molecule has 2 heterocycles. The molecule has 9 heteroatoms. The maximum atomic E-state index is 14.3. The highest BCUT2D eigenvalue weighted by Gasteiger charge is 2.22. The Bertz CT molecular complexity index is 1000. The number of nitrogens with one attached hydrogen (secondary N) is 3. The number of aromatic nitrogens is 1. The number of nitrogens with zero attached hydrogens (tertiary/aromatic N) is 1. The first-order valence-electron chi connectivity index (χ1n) is 12.7. The molecule has 3 rings (SSSR count). The summed E-state index contributed by atoms with van der Waals surface area (Å²) in [7, 11) is 0. The second-order valence-electron chi connectivity index (χ2n) is 9.19. The van der Waals surface area contributed by atoms with Crippen molar-refractivity contribution in [2.24, 2.45) is 0 Å². The smallest absolute Gasteiger partial charge is 0.220 e. The number of hydrogen-bond donors (Lipinski definition) is 4. The number of pyridine rings is 1. The number of aliphatic hydroxyl groups is 1. The molecule has 1 aromatic heterocycles. The second kappa shape index (κ2) is 14.5. The van der Waals surface area contributed by atoms with Crippen molar-refractivity contribution in [2.75, 3.05) is 19.7 Å². The number of halogens is 1. The zero-order valence-electron chi connectivity index (χ0n) is 20.9. The number of rotatable bonds is 6. The fourth-order valence-electron chi connectivity index (χ4n) is 4.12. The Hall–Kier alpha value is -3.04. The van der Waals surface area contributed by atoms with Crippen molar-refractivity contribution in [2.45, 2.75) is 70.6 Å². The van der Waals surface area contributed by atoms with E-state index in [1.165, 1.54) is 12.1 Å². The number of amides is 2. The van der Waals surface area contributed by atoms with Crippen LogP contribution >= 0.6 is 0 Å². The summed E-state index contributed by atoms with van der Waals surface area (Å²) in [6.45, 7) is 3.74. The van der Waals surface area contributed by atoms with Gasteiger partial charge in [-0.2, -0.15) is 0 Å². The minimum absolute atomic E-state index is 0.0934. The van der Waals surface area contributed by atoms with Crippen LogP contribution in [0.15, 0.2) is 36.7 Å². The highest BCUT2D eigenvalue weighted by Crippen LogP contribution is 2.19. The van der Waals surface area contributed by atoms with Crippen molar-refractivity contribution in [3.63, 3.8) is 0 Å². The third-order valence-corrected chi connectivity index (χ3v) is 6.11. The quantitative estimate of drug-likeness (QED) is 0.485. The summed E-state index contributed by atoms with van der Waals surface area (Å²) >= 11 is 0. The molecule has 2 aromatic rings. The van der Waals surface area contributed by atoms with Crippen LogP contribution in [0.3, 0.4) is 0 Å². The SMILES string of the molecule is CCc1cncc(CNC[C@@H](O)[C@@H]2Cc3cc(F)cc(c3)OCCCCNC(=O)CCCC(=O)N2)c1. The van der Waals surface area contributed by atoms with Crippen LogP contribution in [0.25, 0.3) is 0 Å². The number of aryl methyl sites for hydroxylation is 1. The van der Waals surface area contributed by atoms with Gasteiger partial charge in [-0.05, 0) is 60.9 Å². The lowest BCUT2D eigenvalue weighted by atomic mass is 10.00. The Labute approximate surface area is 212 Å². The van der Waals surface area contributed by atoms with Gasteiger partial charge >= 0.3 is 0 Å². The van der Waals surface area contributed by atoms with E-state index in [0.717, 1.165) is 30.4 Å². The Morgan fingerprint density at radius 1 is 1.11 bits per heavy atom. The summed E-state index contributed by atoms with van der Waals surface area (Å²) in [6.07, 6.45) is 6.10. The third kappa shape index (κ3) is 9.54. The zero-order chi connectivity index (χ0) is 25.8. The van der Waals surface area contributed by atoms with Gasteiger partial charge in [0.15, 0.2) is 0 Å². The molecule has 0 aliphatic carbocycles. The molecule has 0 saturated heterocycles. The van der Waals surface area contributed by atoms with E-state index >= 15 is 0 Å².